The van der Waals surface area contributed by atoms with Crippen LogP contribution in [0.25, 0.3) is 0 Å². The highest BCUT2D eigenvalue weighted by molar-refractivity contribution is 5.77. The van der Waals surface area contributed by atoms with E-state index in [4.69, 9.17) is 4.74 Å². The molecule has 2 rings (SSSR count). The molecule has 0 aliphatic heterocycles. The Kier molecular flexibility index (Phi) is 4.53. The number of rotatable bonds is 6. The molecule has 0 radical (unpaired) electrons. The van der Waals surface area contributed by atoms with Gasteiger partial charge in [-0.2, -0.15) is 0 Å². The van der Waals surface area contributed by atoms with Crippen LogP contribution in [0.2, 0.25) is 0 Å². The molecule has 104 valence electrons. The number of ether oxygens (including phenoxy) is 1. The van der Waals surface area contributed by atoms with Crippen molar-refractivity contribution in [2.45, 2.75) is 32.7 Å². The highest BCUT2D eigenvalue weighted by Gasteiger charge is 2.27. The first-order valence-electron chi connectivity index (χ1n) is 6.78. The highest BCUT2D eigenvalue weighted by atomic mass is 19.1. The third kappa shape index (κ3) is 3.77. The molecular weight excluding hydrogens is 245 g/mol. The molecule has 1 N–H and O–H groups in total. The van der Waals surface area contributed by atoms with Crippen molar-refractivity contribution >= 4 is 5.97 Å². The lowest BCUT2D eigenvalue weighted by atomic mass is 10.0. The topological polar surface area (TPSA) is 38.3 Å². The molecule has 3 nitrogen and oxygen atoms in total. The average Bonchev–Trinajstić information content (AvgIpc) is 3.18. The Labute approximate surface area is 113 Å². The Hall–Kier alpha value is -1.42. The number of esters is 1. The molecule has 0 saturated heterocycles. The zero-order chi connectivity index (χ0) is 13.8. The second kappa shape index (κ2) is 6.15. The molecule has 4 heteroatoms. The van der Waals surface area contributed by atoms with Crippen LogP contribution in [-0.4, -0.2) is 19.1 Å². The SMILES string of the molecule is CCOC(=O)C(NCC1CC1)c1ccc(C)c(F)c1. The molecule has 1 aliphatic rings. The van der Waals surface area contributed by atoms with Crippen molar-refractivity contribution in [3.8, 4) is 0 Å². The first kappa shape index (κ1) is 14.0. The Morgan fingerprint density at radius 1 is 1.53 bits per heavy atom. The maximum Gasteiger partial charge on any atom is 0.327 e. The monoisotopic (exact) mass is 265 g/mol. The molecule has 0 aromatic heterocycles. The normalized spacial score (nSPS) is 16.2. The fourth-order valence-electron chi connectivity index (χ4n) is 1.96. The molecule has 0 bridgehead atoms. The van der Waals surface area contributed by atoms with Gasteiger partial charge in [-0.25, -0.2) is 9.18 Å². The van der Waals surface area contributed by atoms with Crippen LogP contribution in [-0.2, 0) is 9.53 Å². The number of benzene rings is 1. The minimum Gasteiger partial charge on any atom is -0.465 e. The summed E-state index contributed by atoms with van der Waals surface area (Å²) in [7, 11) is 0. The van der Waals surface area contributed by atoms with Crippen molar-refractivity contribution in [3.05, 3.63) is 35.1 Å². The van der Waals surface area contributed by atoms with Crippen LogP contribution in [0, 0.1) is 18.7 Å². The first-order chi connectivity index (χ1) is 9.11. The molecule has 1 aromatic carbocycles. The van der Waals surface area contributed by atoms with E-state index in [1.807, 2.05) is 0 Å². The summed E-state index contributed by atoms with van der Waals surface area (Å²) in [6, 6.07) is 4.31. The van der Waals surface area contributed by atoms with Gasteiger partial charge >= 0.3 is 5.97 Å². The molecule has 19 heavy (non-hydrogen) atoms. The number of nitrogens with one attached hydrogen (secondary N) is 1. The van der Waals surface area contributed by atoms with Crippen LogP contribution >= 0.6 is 0 Å². The van der Waals surface area contributed by atoms with Crippen molar-refractivity contribution < 1.29 is 13.9 Å². The number of hydrogen-bond donors (Lipinski definition) is 1. The third-order valence-corrected chi connectivity index (χ3v) is 3.36. The van der Waals surface area contributed by atoms with Gasteiger partial charge in [0.1, 0.15) is 11.9 Å². The molecule has 1 fully saturated rings. The molecule has 0 amide bonds. The largest absolute Gasteiger partial charge is 0.465 e. The van der Waals surface area contributed by atoms with Gasteiger partial charge in [0, 0.05) is 0 Å². The van der Waals surface area contributed by atoms with E-state index in [0.717, 1.165) is 6.54 Å². The Balaban J connectivity index is 2.13. The fourth-order valence-corrected chi connectivity index (χ4v) is 1.96. The van der Waals surface area contributed by atoms with Gasteiger partial charge in [0.15, 0.2) is 0 Å². The highest BCUT2D eigenvalue weighted by Crippen LogP contribution is 2.29. The van der Waals surface area contributed by atoms with E-state index in [0.29, 0.717) is 23.7 Å². The van der Waals surface area contributed by atoms with Crippen molar-refractivity contribution in [1.29, 1.82) is 0 Å². The predicted molar refractivity (Wildman–Crippen MR) is 71.2 cm³/mol. The van der Waals surface area contributed by atoms with Gasteiger partial charge in [-0.05, 0) is 56.3 Å². The maximum atomic E-state index is 13.6. The Morgan fingerprint density at radius 2 is 2.26 bits per heavy atom. The van der Waals surface area contributed by atoms with Gasteiger partial charge in [-0.15, -0.1) is 0 Å². The van der Waals surface area contributed by atoms with Gasteiger partial charge in [-0.3, -0.25) is 0 Å². The molecule has 1 unspecified atom stereocenters. The van der Waals surface area contributed by atoms with Crippen LogP contribution in [0.15, 0.2) is 18.2 Å². The molecule has 1 aromatic rings. The number of carbonyl (C=O) groups is 1. The van der Waals surface area contributed by atoms with E-state index in [1.165, 1.54) is 18.9 Å². The van der Waals surface area contributed by atoms with E-state index in [2.05, 4.69) is 5.32 Å². The van der Waals surface area contributed by atoms with Gasteiger partial charge < -0.3 is 10.1 Å². The molecule has 1 saturated carbocycles. The van der Waals surface area contributed by atoms with Gasteiger partial charge in [0.05, 0.1) is 6.61 Å². The molecule has 0 spiro atoms. The van der Waals surface area contributed by atoms with E-state index >= 15 is 0 Å². The standard InChI is InChI=1S/C15H20FNO2/c1-3-19-15(18)14(17-9-11-5-6-11)12-7-4-10(2)13(16)8-12/h4,7-8,11,14,17H,3,5-6,9H2,1-2H3. The quantitative estimate of drug-likeness (QED) is 0.804. The molecule has 1 aliphatic carbocycles. The average molecular weight is 265 g/mol. The zero-order valence-electron chi connectivity index (χ0n) is 11.4. The van der Waals surface area contributed by atoms with Crippen molar-refractivity contribution in [2.24, 2.45) is 5.92 Å². The van der Waals surface area contributed by atoms with Gasteiger partial charge in [0.25, 0.3) is 0 Å². The Morgan fingerprint density at radius 3 is 2.84 bits per heavy atom. The lowest BCUT2D eigenvalue weighted by molar-refractivity contribution is -0.145. The summed E-state index contributed by atoms with van der Waals surface area (Å²) in [4.78, 5) is 12.0. The van der Waals surface area contributed by atoms with Crippen LogP contribution in [0.1, 0.15) is 36.9 Å². The number of aryl methyl sites for hydroxylation is 1. The van der Waals surface area contributed by atoms with Crippen molar-refractivity contribution in [2.75, 3.05) is 13.2 Å². The summed E-state index contributed by atoms with van der Waals surface area (Å²) in [6.45, 7) is 4.58. The van der Waals surface area contributed by atoms with Gasteiger partial charge in [0.2, 0.25) is 0 Å². The fraction of sp³-hybridized carbons (Fsp3) is 0.533. The van der Waals surface area contributed by atoms with Gasteiger partial charge in [-0.1, -0.05) is 12.1 Å². The smallest absolute Gasteiger partial charge is 0.327 e. The number of halogens is 1. The number of carbonyl (C=O) groups excluding carboxylic acids is 1. The molecule has 0 heterocycles. The van der Waals surface area contributed by atoms with E-state index < -0.39 is 6.04 Å². The first-order valence-corrected chi connectivity index (χ1v) is 6.78. The van der Waals surface area contributed by atoms with Crippen LogP contribution in [0.5, 0.6) is 0 Å². The lowest BCUT2D eigenvalue weighted by Gasteiger charge is -2.18. The predicted octanol–water partition coefficient (Wildman–Crippen LogP) is 2.74. The minimum absolute atomic E-state index is 0.292. The zero-order valence-corrected chi connectivity index (χ0v) is 11.4. The molecule has 1 atom stereocenters. The van der Waals surface area contributed by atoms with Crippen LogP contribution in [0.4, 0.5) is 4.39 Å². The summed E-state index contributed by atoms with van der Waals surface area (Å²) >= 11 is 0. The summed E-state index contributed by atoms with van der Waals surface area (Å²) in [5.41, 5.74) is 1.20. The van der Waals surface area contributed by atoms with Crippen molar-refractivity contribution in [1.82, 2.24) is 5.32 Å². The lowest BCUT2D eigenvalue weighted by Crippen LogP contribution is -2.31. The summed E-state index contributed by atoms with van der Waals surface area (Å²) in [5.74, 6) is 0.0126. The third-order valence-electron chi connectivity index (χ3n) is 3.36. The minimum atomic E-state index is -0.573. The number of hydrogen-bond acceptors (Lipinski definition) is 3. The maximum absolute atomic E-state index is 13.6. The summed E-state index contributed by atoms with van der Waals surface area (Å²) < 4.78 is 18.7. The second-order valence-corrected chi connectivity index (χ2v) is 5.05. The van der Waals surface area contributed by atoms with E-state index in [9.17, 15) is 9.18 Å². The van der Waals surface area contributed by atoms with Crippen LogP contribution < -0.4 is 5.32 Å². The van der Waals surface area contributed by atoms with Crippen molar-refractivity contribution in [3.63, 3.8) is 0 Å². The van der Waals surface area contributed by atoms with E-state index in [-0.39, 0.29) is 11.8 Å². The van der Waals surface area contributed by atoms with Crippen LogP contribution in [0.3, 0.4) is 0 Å². The summed E-state index contributed by atoms with van der Waals surface area (Å²) in [6.07, 6.45) is 2.40. The molecular formula is C15H20FNO2. The Bertz CT molecular complexity index is 457. The second-order valence-electron chi connectivity index (χ2n) is 5.05. The van der Waals surface area contributed by atoms with E-state index in [1.54, 1.807) is 26.0 Å². The summed E-state index contributed by atoms with van der Waals surface area (Å²) in [5, 5.41) is 3.19.